The number of hydrogen-bond acceptors (Lipinski definition) is 4. The summed E-state index contributed by atoms with van der Waals surface area (Å²) < 4.78 is 10.6. The van der Waals surface area contributed by atoms with Crippen LogP contribution in [0.25, 0.3) is 0 Å². The second-order valence-corrected chi connectivity index (χ2v) is 7.40. The van der Waals surface area contributed by atoms with Crippen LogP contribution in [0.5, 0.6) is 0 Å². The van der Waals surface area contributed by atoms with Crippen molar-refractivity contribution in [2.24, 2.45) is 23.7 Å². The van der Waals surface area contributed by atoms with Gasteiger partial charge in [-0.15, -0.1) is 0 Å². The van der Waals surface area contributed by atoms with Crippen molar-refractivity contribution in [3.8, 4) is 0 Å². The van der Waals surface area contributed by atoms with Crippen molar-refractivity contribution in [1.82, 2.24) is 0 Å². The highest BCUT2D eigenvalue weighted by atomic mass is 16.5. The fourth-order valence-electron chi connectivity index (χ4n) is 4.50. The Morgan fingerprint density at radius 2 is 2.09 bits per heavy atom. The molecule has 0 N–H and O–H groups in total. The van der Waals surface area contributed by atoms with Gasteiger partial charge < -0.3 is 9.47 Å². The van der Waals surface area contributed by atoms with Crippen LogP contribution in [-0.2, 0) is 19.1 Å². The first-order valence-corrected chi connectivity index (χ1v) is 8.55. The van der Waals surface area contributed by atoms with Crippen LogP contribution in [0.3, 0.4) is 0 Å². The molecule has 5 unspecified atom stereocenters. The highest BCUT2D eigenvalue weighted by Gasteiger charge is 2.47. The first-order valence-electron chi connectivity index (χ1n) is 8.55. The van der Waals surface area contributed by atoms with E-state index in [0.717, 1.165) is 24.7 Å². The van der Waals surface area contributed by atoms with Gasteiger partial charge in [-0.05, 0) is 50.4 Å². The molecule has 122 valence electrons. The quantitative estimate of drug-likeness (QED) is 0.558. The zero-order valence-electron chi connectivity index (χ0n) is 13.4. The van der Waals surface area contributed by atoms with Gasteiger partial charge in [0.15, 0.2) is 0 Å². The average molecular weight is 306 g/mol. The molecule has 3 fully saturated rings. The average Bonchev–Trinajstić information content (AvgIpc) is 3.15. The lowest BCUT2D eigenvalue weighted by Gasteiger charge is -2.28. The number of cyclic esters (lactones) is 1. The van der Waals surface area contributed by atoms with Crippen LogP contribution in [-0.4, -0.2) is 24.6 Å². The van der Waals surface area contributed by atoms with Crippen molar-refractivity contribution in [2.45, 2.75) is 58.0 Å². The number of carbonyl (C=O) groups excluding carboxylic acids is 2. The SMILES string of the molecule is C=C(C)C(=O)OC1CC2CC1CC2CCCC1COC(=O)C1. The van der Waals surface area contributed by atoms with E-state index in [1.807, 2.05) is 0 Å². The lowest BCUT2D eigenvalue weighted by molar-refractivity contribution is -0.147. The van der Waals surface area contributed by atoms with Crippen molar-refractivity contribution < 1.29 is 19.1 Å². The molecule has 0 amide bonds. The topological polar surface area (TPSA) is 52.6 Å². The maximum absolute atomic E-state index is 11.6. The van der Waals surface area contributed by atoms with Gasteiger partial charge in [0.25, 0.3) is 0 Å². The minimum atomic E-state index is -0.236. The highest BCUT2D eigenvalue weighted by Crippen LogP contribution is 2.51. The Kier molecular flexibility index (Phi) is 4.55. The zero-order valence-corrected chi connectivity index (χ0v) is 13.4. The molecule has 0 aromatic rings. The van der Waals surface area contributed by atoms with Crippen molar-refractivity contribution in [3.05, 3.63) is 12.2 Å². The van der Waals surface area contributed by atoms with Gasteiger partial charge in [0, 0.05) is 11.5 Å². The predicted molar refractivity (Wildman–Crippen MR) is 81.9 cm³/mol. The van der Waals surface area contributed by atoms with Gasteiger partial charge in [0.1, 0.15) is 6.10 Å². The molecule has 4 nitrogen and oxygen atoms in total. The van der Waals surface area contributed by atoms with E-state index in [-0.39, 0.29) is 18.0 Å². The molecule has 0 aromatic carbocycles. The molecule has 0 spiro atoms. The van der Waals surface area contributed by atoms with E-state index >= 15 is 0 Å². The molecule has 1 aliphatic heterocycles. The van der Waals surface area contributed by atoms with Gasteiger partial charge in [0.05, 0.1) is 13.0 Å². The Bertz CT molecular complexity index is 470. The first kappa shape index (κ1) is 15.6. The lowest BCUT2D eigenvalue weighted by atomic mass is 9.83. The van der Waals surface area contributed by atoms with Crippen LogP contribution < -0.4 is 0 Å². The van der Waals surface area contributed by atoms with Crippen LogP contribution in [0, 0.1) is 23.7 Å². The molecule has 3 rings (SSSR count). The van der Waals surface area contributed by atoms with E-state index in [4.69, 9.17) is 9.47 Å². The van der Waals surface area contributed by atoms with Gasteiger partial charge >= 0.3 is 11.9 Å². The molecular formula is C18H26O4. The smallest absolute Gasteiger partial charge is 0.333 e. The molecule has 1 heterocycles. The summed E-state index contributed by atoms with van der Waals surface area (Å²) in [5.74, 6) is 2.22. The van der Waals surface area contributed by atoms with Crippen LogP contribution in [0.15, 0.2) is 12.2 Å². The Labute approximate surface area is 132 Å². The predicted octanol–water partition coefficient (Wildman–Crippen LogP) is 3.25. The van der Waals surface area contributed by atoms with Crippen LogP contribution >= 0.6 is 0 Å². The molecule has 5 atom stereocenters. The first-order chi connectivity index (χ1) is 10.5. The van der Waals surface area contributed by atoms with Crippen LogP contribution in [0.2, 0.25) is 0 Å². The van der Waals surface area contributed by atoms with Gasteiger partial charge in [-0.25, -0.2) is 4.79 Å². The van der Waals surface area contributed by atoms with E-state index in [9.17, 15) is 9.59 Å². The largest absolute Gasteiger partial charge is 0.465 e. The summed E-state index contributed by atoms with van der Waals surface area (Å²) in [7, 11) is 0. The molecule has 2 saturated carbocycles. The van der Waals surface area contributed by atoms with Crippen molar-refractivity contribution in [2.75, 3.05) is 6.61 Å². The number of fused-ring (bicyclic) bond motifs is 2. The van der Waals surface area contributed by atoms with Crippen molar-refractivity contribution in [1.29, 1.82) is 0 Å². The van der Waals surface area contributed by atoms with Crippen LogP contribution in [0.1, 0.15) is 51.9 Å². The molecule has 2 bridgehead atoms. The zero-order chi connectivity index (χ0) is 15.7. The number of esters is 2. The third kappa shape index (κ3) is 3.36. The van der Waals surface area contributed by atoms with Crippen molar-refractivity contribution >= 4 is 11.9 Å². The Morgan fingerprint density at radius 3 is 2.68 bits per heavy atom. The van der Waals surface area contributed by atoms with Gasteiger partial charge in [-0.2, -0.15) is 0 Å². The van der Waals surface area contributed by atoms with Gasteiger partial charge in [-0.1, -0.05) is 19.4 Å². The summed E-state index contributed by atoms with van der Waals surface area (Å²) in [5.41, 5.74) is 0.493. The van der Waals surface area contributed by atoms with E-state index in [0.29, 0.717) is 30.4 Å². The number of ether oxygens (including phenoxy) is 2. The van der Waals surface area contributed by atoms with E-state index in [1.54, 1.807) is 6.92 Å². The van der Waals surface area contributed by atoms with E-state index in [1.165, 1.54) is 25.7 Å². The number of rotatable bonds is 6. The Hall–Kier alpha value is -1.32. The molecular weight excluding hydrogens is 280 g/mol. The second-order valence-electron chi connectivity index (χ2n) is 7.40. The lowest BCUT2D eigenvalue weighted by Crippen LogP contribution is -2.27. The molecule has 1 saturated heterocycles. The summed E-state index contributed by atoms with van der Waals surface area (Å²) in [6.07, 6.45) is 7.69. The van der Waals surface area contributed by atoms with E-state index < -0.39 is 0 Å². The summed E-state index contributed by atoms with van der Waals surface area (Å²) in [6, 6.07) is 0. The fourth-order valence-corrected chi connectivity index (χ4v) is 4.50. The minimum absolute atomic E-state index is 0.0351. The Morgan fingerprint density at radius 1 is 1.27 bits per heavy atom. The number of carbonyl (C=O) groups is 2. The summed E-state index contributed by atoms with van der Waals surface area (Å²) in [4.78, 5) is 22.7. The molecule has 22 heavy (non-hydrogen) atoms. The second kappa shape index (κ2) is 6.43. The molecule has 0 radical (unpaired) electrons. The van der Waals surface area contributed by atoms with Crippen LogP contribution in [0.4, 0.5) is 0 Å². The Balaban J connectivity index is 1.38. The van der Waals surface area contributed by atoms with E-state index in [2.05, 4.69) is 6.58 Å². The van der Waals surface area contributed by atoms with Gasteiger partial charge in [0.2, 0.25) is 0 Å². The van der Waals surface area contributed by atoms with Gasteiger partial charge in [-0.3, -0.25) is 4.79 Å². The summed E-state index contributed by atoms with van der Waals surface area (Å²) in [6.45, 7) is 5.97. The third-order valence-corrected chi connectivity index (χ3v) is 5.67. The number of hydrogen-bond donors (Lipinski definition) is 0. The standard InChI is InChI=1S/C18H26O4/c1-11(2)18(20)22-16-9-14-8-15(16)7-13(14)5-3-4-12-6-17(19)21-10-12/h12-16H,1,3-10H2,2H3. The summed E-state index contributed by atoms with van der Waals surface area (Å²) in [5, 5.41) is 0. The molecule has 3 aliphatic rings. The maximum atomic E-state index is 11.6. The fraction of sp³-hybridized carbons (Fsp3) is 0.778. The molecule has 4 heteroatoms. The molecule has 2 aliphatic carbocycles. The normalized spacial score (nSPS) is 36.4. The third-order valence-electron chi connectivity index (χ3n) is 5.67. The molecule has 0 aromatic heterocycles. The monoisotopic (exact) mass is 306 g/mol. The minimum Gasteiger partial charge on any atom is -0.465 e. The maximum Gasteiger partial charge on any atom is 0.333 e. The summed E-state index contributed by atoms with van der Waals surface area (Å²) >= 11 is 0. The van der Waals surface area contributed by atoms with Crippen molar-refractivity contribution in [3.63, 3.8) is 0 Å². The highest BCUT2D eigenvalue weighted by molar-refractivity contribution is 5.87.